The van der Waals surface area contributed by atoms with E-state index in [2.05, 4.69) is 0 Å². The zero-order valence-corrected chi connectivity index (χ0v) is 8.10. The largest absolute Gasteiger partial charge is 0.398 e. The first kappa shape index (κ1) is 10.8. The predicted molar refractivity (Wildman–Crippen MR) is 58.4 cm³/mol. The molecule has 0 saturated carbocycles. The van der Waals surface area contributed by atoms with Gasteiger partial charge in [0.15, 0.2) is 0 Å². The maximum Gasteiger partial charge on any atom is 0.221 e. The van der Waals surface area contributed by atoms with Crippen molar-refractivity contribution in [2.45, 2.75) is 6.42 Å². The standard InChI is InChI=1S/C11H11N3O/c12-7-8-4-5-10(13)9(6-8)2-1-3-11(14)15/h1-2,4-6H,3,13H2,(H2,14,15). The van der Waals surface area contributed by atoms with E-state index in [0.717, 1.165) is 5.56 Å². The van der Waals surface area contributed by atoms with Crippen LogP contribution in [-0.4, -0.2) is 5.91 Å². The Morgan fingerprint density at radius 3 is 2.87 bits per heavy atom. The molecular weight excluding hydrogens is 190 g/mol. The number of nitrogen functional groups attached to an aromatic ring is 1. The predicted octanol–water partition coefficient (Wildman–Crippen LogP) is 1.03. The summed E-state index contributed by atoms with van der Waals surface area (Å²) in [5, 5.41) is 8.68. The van der Waals surface area contributed by atoms with Crippen LogP contribution < -0.4 is 11.5 Å². The molecule has 0 unspecified atom stereocenters. The number of carbonyl (C=O) groups is 1. The minimum absolute atomic E-state index is 0.163. The summed E-state index contributed by atoms with van der Waals surface area (Å²) in [6.45, 7) is 0. The maximum absolute atomic E-state index is 10.5. The fourth-order valence-corrected chi connectivity index (χ4v) is 1.09. The van der Waals surface area contributed by atoms with Gasteiger partial charge in [0.25, 0.3) is 0 Å². The molecule has 1 aromatic rings. The first-order chi connectivity index (χ1) is 7.13. The van der Waals surface area contributed by atoms with Crippen LogP contribution in [0.4, 0.5) is 5.69 Å². The second-order valence-corrected chi connectivity index (χ2v) is 3.03. The Kier molecular flexibility index (Phi) is 3.47. The molecule has 0 saturated heterocycles. The van der Waals surface area contributed by atoms with Crippen LogP contribution in [0.1, 0.15) is 17.5 Å². The second-order valence-electron chi connectivity index (χ2n) is 3.03. The summed E-state index contributed by atoms with van der Waals surface area (Å²) in [7, 11) is 0. The summed E-state index contributed by atoms with van der Waals surface area (Å²) in [4.78, 5) is 10.5. The van der Waals surface area contributed by atoms with Crippen LogP contribution in [0.2, 0.25) is 0 Å². The lowest BCUT2D eigenvalue weighted by molar-refractivity contribution is -0.117. The van der Waals surface area contributed by atoms with Crippen molar-refractivity contribution in [3.05, 3.63) is 35.4 Å². The van der Waals surface area contributed by atoms with E-state index in [1.165, 1.54) is 0 Å². The van der Waals surface area contributed by atoms with Gasteiger partial charge in [-0.05, 0) is 23.8 Å². The molecule has 76 valence electrons. The molecule has 4 heteroatoms. The highest BCUT2D eigenvalue weighted by atomic mass is 16.1. The molecular formula is C11H11N3O. The van der Waals surface area contributed by atoms with Crippen molar-refractivity contribution in [2.24, 2.45) is 5.73 Å². The number of anilines is 1. The van der Waals surface area contributed by atoms with Crippen molar-refractivity contribution in [2.75, 3.05) is 5.73 Å². The Morgan fingerprint density at radius 2 is 2.27 bits per heavy atom. The van der Waals surface area contributed by atoms with Gasteiger partial charge in [-0.15, -0.1) is 0 Å². The van der Waals surface area contributed by atoms with Gasteiger partial charge in [0, 0.05) is 12.1 Å². The fraction of sp³-hybridized carbons (Fsp3) is 0.0909. The third kappa shape index (κ3) is 3.16. The van der Waals surface area contributed by atoms with Crippen LogP contribution in [0.5, 0.6) is 0 Å². The van der Waals surface area contributed by atoms with Gasteiger partial charge < -0.3 is 11.5 Å². The lowest BCUT2D eigenvalue weighted by Gasteiger charge is -1.99. The number of amides is 1. The zero-order valence-electron chi connectivity index (χ0n) is 8.10. The molecule has 0 fully saturated rings. The summed E-state index contributed by atoms with van der Waals surface area (Å²) in [5.41, 5.74) is 12.5. The van der Waals surface area contributed by atoms with Gasteiger partial charge in [-0.25, -0.2) is 0 Å². The molecule has 4 nitrogen and oxygen atoms in total. The average Bonchev–Trinajstić information content (AvgIpc) is 2.20. The summed E-state index contributed by atoms with van der Waals surface area (Å²) >= 11 is 0. The van der Waals surface area contributed by atoms with E-state index in [1.807, 2.05) is 6.07 Å². The smallest absolute Gasteiger partial charge is 0.221 e. The Bertz CT molecular complexity index is 444. The fourth-order valence-electron chi connectivity index (χ4n) is 1.09. The Labute approximate surface area is 87.8 Å². The Balaban J connectivity index is 2.89. The van der Waals surface area contributed by atoms with Crippen LogP contribution in [0.25, 0.3) is 6.08 Å². The monoisotopic (exact) mass is 201 g/mol. The molecule has 0 bridgehead atoms. The molecule has 0 aromatic heterocycles. The average molecular weight is 201 g/mol. The first-order valence-electron chi connectivity index (χ1n) is 4.38. The molecule has 1 aromatic carbocycles. The summed E-state index contributed by atoms with van der Waals surface area (Å²) < 4.78 is 0. The van der Waals surface area contributed by atoms with E-state index in [1.54, 1.807) is 30.4 Å². The number of benzene rings is 1. The van der Waals surface area contributed by atoms with Crippen LogP contribution >= 0.6 is 0 Å². The van der Waals surface area contributed by atoms with E-state index in [4.69, 9.17) is 16.7 Å². The number of nitriles is 1. The number of rotatable bonds is 3. The first-order valence-corrected chi connectivity index (χ1v) is 4.38. The van der Waals surface area contributed by atoms with Crippen molar-refractivity contribution >= 4 is 17.7 Å². The highest BCUT2D eigenvalue weighted by molar-refractivity contribution is 5.77. The summed E-state index contributed by atoms with van der Waals surface area (Å²) in [6, 6.07) is 6.97. The van der Waals surface area contributed by atoms with E-state index in [9.17, 15) is 4.79 Å². The quantitative estimate of drug-likeness (QED) is 0.715. The van der Waals surface area contributed by atoms with Gasteiger partial charge in [-0.1, -0.05) is 12.2 Å². The van der Waals surface area contributed by atoms with E-state index >= 15 is 0 Å². The van der Waals surface area contributed by atoms with E-state index in [-0.39, 0.29) is 6.42 Å². The molecule has 1 rings (SSSR count). The van der Waals surface area contributed by atoms with Crippen molar-refractivity contribution < 1.29 is 4.79 Å². The third-order valence-electron chi connectivity index (χ3n) is 1.83. The van der Waals surface area contributed by atoms with Crippen LogP contribution in [-0.2, 0) is 4.79 Å². The van der Waals surface area contributed by atoms with Crippen molar-refractivity contribution in [3.63, 3.8) is 0 Å². The van der Waals surface area contributed by atoms with Gasteiger partial charge in [0.2, 0.25) is 5.91 Å². The van der Waals surface area contributed by atoms with Gasteiger partial charge in [-0.2, -0.15) is 5.26 Å². The Hall–Kier alpha value is -2.28. The van der Waals surface area contributed by atoms with E-state index in [0.29, 0.717) is 11.3 Å². The molecule has 1 amide bonds. The van der Waals surface area contributed by atoms with Crippen molar-refractivity contribution in [1.82, 2.24) is 0 Å². The number of nitrogens with zero attached hydrogens (tertiary/aromatic N) is 1. The van der Waals surface area contributed by atoms with Gasteiger partial charge in [-0.3, -0.25) is 4.79 Å². The SMILES string of the molecule is N#Cc1ccc(N)c(C=CCC(N)=O)c1. The van der Waals surface area contributed by atoms with Crippen LogP contribution in [0.3, 0.4) is 0 Å². The summed E-state index contributed by atoms with van der Waals surface area (Å²) in [6.07, 6.45) is 3.46. The minimum Gasteiger partial charge on any atom is -0.398 e. The molecule has 0 heterocycles. The summed E-state index contributed by atoms with van der Waals surface area (Å²) in [5.74, 6) is -0.402. The molecule has 0 spiro atoms. The molecule has 0 atom stereocenters. The number of hydrogen-bond acceptors (Lipinski definition) is 3. The number of nitrogens with two attached hydrogens (primary N) is 2. The minimum atomic E-state index is -0.402. The molecule has 0 radical (unpaired) electrons. The highest BCUT2D eigenvalue weighted by Gasteiger charge is 1.97. The van der Waals surface area contributed by atoms with Crippen LogP contribution in [0, 0.1) is 11.3 Å². The van der Waals surface area contributed by atoms with Gasteiger partial charge in [0.1, 0.15) is 0 Å². The van der Waals surface area contributed by atoms with Gasteiger partial charge in [0.05, 0.1) is 11.6 Å². The normalized spacial score (nSPS) is 10.1. The molecule has 15 heavy (non-hydrogen) atoms. The van der Waals surface area contributed by atoms with E-state index < -0.39 is 5.91 Å². The van der Waals surface area contributed by atoms with Crippen molar-refractivity contribution in [1.29, 1.82) is 5.26 Å². The second kappa shape index (κ2) is 4.82. The molecule has 0 aliphatic rings. The number of hydrogen-bond donors (Lipinski definition) is 2. The van der Waals surface area contributed by atoms with Gasteiger partial charge >= 0.3 is 0 Å². The number of primary amides is 1. The molecule has 4 N–H and O–H groups in total. The highest BCUT2D eigenvalue weighted by Crippen LogP contribution is 2.15. The third-order valence-corrected chi connectivity index (χ3v) is 1.83. The lowest BCUT2D eigenvalue weighted by Crippen LogP contribution is -2.07. The molecule has 0 aliphatic carbocycles. The zero-order chi connectivity index (χ0) is 11.3. The molecule has 0 aliphatic heterocycles. The van der Waals surface area contributed by atoms with Crippen LogP contribution in [0.15, 0.2) is 24.3 Å². The Morgan fingerprint density at radius 1 is 1.53 bits per heavy atom. The van der Waals surface area contributed by atoms with Crippen molar-refractivity contribution in [3.8, 4) is 6.07 Å². The number of carbonyl (C=O) groups excluding carboxylic acids is 1. The lowest BCUT2D eigenvalue weighted by atomic mass is 10.1. The topological polar surface area (TPSA) is 92.9 Å². The maximum atomic E-state index is 10.5.